The molecule has 42 heavy (non-hydrogen) atoms. The zero-order chi connectivity index (χ0) is 32.3. The van der Waals surface area contributed by atoms with Crippen molar-refractivity contribution in [3.63, 3.8) is 0 Å². The summed E-state index contributed by atoms with van der Waals surface area (Å²) in [6.07, 6.45) is 6.99. The van der Waals surface area contributed by atoms with E-state index in [0.717, 1.165) is 5.57 Å². The van der Waals surface area contributed by atoms with Gasteiger partial charge in [0, 0.05) is 35.6 Å². The molecule has 1 heterocycles. The molecule has 7 N–H and O–H groups in total. The minimum Gasteiger partial charge on any atom is -0.445 e. The first-order valence-corrected chi connectivity index (χ1v) is 15.1. The van der Waals surface area contributed by atoms with Crippen molar-refractivity contribution in [1.82, 2.24) is 5.32 Å². The maximum Gasteiger partial charge on any atom is 0.404 e. The maximum atomic E-state index is 12.1. The Labute approximate surface area is 252 Å². The van der Waals surface area contributed by atoms with Crippen molar-refractivity contribution in [3.8, 4) is 0 Å². The van der Waals surface area contributed by atoms with Crippen LogP contribution in [0.3, 0.4) is 0 Å². The lowest BCUT2D eigenvalue weighted by Crippen LogP contribution is -2.56. The molecule has 0 aliphatic carbocycles. The number of rotatable bonds is 16. The van der Waals surface area contributed by atoms with Gasteiger partial charge in [-0.1, -0.05) is 97.1 Å². The summed E-state index contributed by atoms with van der Waals surface area (Å²) in [4.78, 5) is 23.6. The van der Waals surface area contributed by atoms with Gasteiger partial charge in [-0.2, -0.15) is 0 Å². The highest BCUT2D eigenvalue weighted by molar-refractivity contribution is 5.80. The lowest BCUT2D eigenvalue weighted by Gasteiger charge is -2.38. The molecule has 1 unspecified atom stereocenters. The Bertz CT molecular complexity index is 964. The predicted octanol–water partition coefficient (Wildman–Crippen LogP) is 3.87. The van der Waals surface area contributed by atoms with Crippen LogP contribution >= 0.6 is 0 Å². The van der Waals surface area contributed by atoms with Gasteiger partial charge in [-0.05, 0) is 25.7 Å². The topological polar surface area (TPSA) is 162 Å². The second kappa shape index (κ2) is 17.6. The van der Waals surface area contributed by atoms with Gasteiger partial charge in [0.1, 0.15) is 6.10 Å². The Morgan fingerprint density at radius 2 is 1.64 bits per heavy atom. The van der Waals surface area contributed by atoms with E-state index in [1.807, 2.05) is 60.6 Å². The summed E-state index contributed by atoms with van der Waals surface area (Å²) in [6.45, 7) is 18.6. The molecule has 240 valence electrons. The zero-order valence-corrected chi connectivity index (χ0v) is 26.7. The third kappa shape index (κ3) is 11.3. The number of hydrogen-bond donors (Lipinski definition) is 6. The fraction of sp³-hybridized carbons (Fsp3) is 0.697. The van der Waals surface area contributed by atoms with E-state index in [1.54, 1.807) is 31.2 Å². The highest BCUT2D eigenvalue weighted by Crippen LogP contribution is 2.29. The zero-order valence-electron chi connectivity index (χ0n) is 26.7. The molecule has 2 amide bonds. The van der Waals surface area contributed by atoms with Crippen LogP contribution < -0.4 is 11.1 Å². The largest absolute Gasteiger partial charge is 0.445 e. The molecule has 1 aliphatic rings. The second-order valence-electron chi connectivity index (χ2n) is 12.6. The van der Waals surface area contributed by atoms with Crippen molar-refractivity contribution in [2.24, 2.45) is 47.2 Å². The van der Waals surface area contributed by atoms with Gasteiger partial charge in [-0.15, -0.1) is 0 Å². The molecular weight excluding hydrogens is 536 g/mol. The van der Waals surface area contributed by atoms with E-state index in [9.17, 15) is 30.0 Å². The predicted molar refractivity (Wildman–Crippen MR) is 166 cm³/mol. The van der Waals surface area contributed by atoms with Gasteiger partial charge in [0.05, 0.1) is 30.3 Å². The highest BCUT2D eigenvalue weighted by atomic mass is 16.6. The van der Waals surface area contributed by atoms with Crippen LogP contribution in [0.15, 0.2) is 48.6 Å². The molecule has 1 saturated heterocycles. The molecule has 9 nitrogen and oxygen atoms in total. The molecule has 1 aliphatic heterocycles. The first kappa shape index (κ1) is 37.6. The SMILES string of the molecule is C=C/C=C\[C@H](C)[C@H](OC(N)=O)[C@@H](C)[C@H](O)[C@@H](C)C/C(C)=C\[C@H](C)[C@@H](O)[C@@H](C)/C=C\[C@@H](O)CC1NC(=O)[C@H](C)[C@@H](O)[C@H]1C. The molecule has 1 rings (SSSR count). The van der Waals surface area contributed by atoms with E-state index in [4.69, 9.17) is 10.5 Å². The van der Waals surface area contributed by atoms with Gasteiger partial charge < -0.3 is 36.2 Å². The number of allylic oxidation sites excluding steroid dienone is 3. The number of aliphatic hydroxyl groups excluding tert-OH is 4. The van der Waals surface area contributed by atoms with E-state index in [-0.39, 0.29) is 53.9 Å². The average Bonchev–Trinajstić information content (AvgIpc) is 2.93. The number of aliphatic hydroxyl groups is 4. The standard InChI is InChI=1S/C33H56N2O7/c1-10-11-12-20(4)31(42-33(34)41)24(8)29(38)22(6)16-18(2)15-21(5)28(37)19(3)13-14-26(36)17-27-23(7)30(39)25(9)32(40)35-27/h10-15,19-31,36-39H,1,16-17H2,2-9H3,(H2,34,41)(H,35,40)/b12-11-,14-13-,18-15-/t19-,20-,21-,22-,23-,24-,25+,26+,27?,28-,29+,30-,31-/m0/s1. The Kier molecular flexibility index (Phi) is 15.7. The van der Waals surface area contributed by atoms with Gasteiger partial charge >= 0.3 is 6.09 Å². The van der Waals surface area contributed by atoms with Crippen molar-refractivity contribution < 1.29 is 34.8 Å². The molecule has 9 heteroatoms. The summed E-state index contributed by atoms with van der Waals surface area (Å²) >= 11 is 0. The van der Waals surface area contributed by atoms with E-state index in [2.05, 4.69) is 11.9 Å². The molecule has 0 aromatic heterocycles. The summed E-state index contributed by atoms with van der Waals surface area (Å²) in [5.74, 6) is -2.00. The minimum atomic E-state index is -0.885. The van der Waals surface area contributed by atoms with Gasteiger partial charge in [0.15, 0.2) is 0 Å². The van der Waals surface area contributed by atoms with Crippen LogP contribution in [0.2, 0.25) is 0 Å². The van der Waals surface area contributed by atoms with Crippen LogP contribution in [0.5, 0.6) is 0 Å². The summed E-state index contributed by atoms with van der Waals surface area (Å²) in [7, 11) is 0. The fourth-order valence-corrected chi connectivity index (χ4v) is 5.95. The molecule has 0 aromatic rings. The van der Waals surface area contributed by atoms with Crippen LogP contribution in [-0.4, -0.2) is 69.0 Å². The number of hydrogen-bond acceptors (Lipinski definition) is 7. The molecule has 0 radical (unpaired) electrons. The van der Waals surface area contributed by atoms with Crippen molar-refractivity contribution in [2.75, 3.05) is 0 Å². The molecule has 0 bridgehead atoms. The Balaban J connectivity index is 2.76. The van der Waals surface area contributed by atoms with Crippen LogP contribution in [0.4, 0.5) is 4.79 Å². The average molecular weight is 593 g/mol. The van der Waals surface area contributed by atoms with Crippen molar-refractivity contribution >= 4 is 12.0 Å². The Morgan fingerprint density at radius 3 is 2.21 bits per heavy atom. The smallest absolute Gasteiger partial charge is 0.404 e. The number of piperidine rings is 1. The summed E-state index contributed by atoms with van der Waals surface area (Å²) in [6, 6.07) is -0.336. The van der Waals surface area contributed by atoms with Gasteiger partial charge in [-0.25, -0.2) is 4.79 Å². The fourth-order valence-electron chi connectivity index (χ4n) is 5.95. The first-order valence-electron chi connectivity index (χ1n) is 15.1. The third-order valence-electron chi connectivity index (χ3n) is 8.79. The van der Waals surface area contributed by atoms with E-state index in [1.165, 1.54) is 0 Å². The number of carbonyl (C=O) groups excluding carboxylic acids is 2. The van der Waals surface area contributed by atoms with Gasteiger partial charge in [0.25, 0.3) is 0 Å². The first-order chi connectivity index (χ1) is 19.5. The van der Waals surface area contributed by atoms with E-state index < -0.39 is 42.5 Å². The van der Waals surface area contributed by atoms with Crippen molar-refractivity contribution in [2.45, 2.75) is 105 Å². The maximum absolute atomic E-state index is 12.1. The van der Waals surface area contributed by atoms with Crippen molar-refractivity contribution in [3.05, 3.63) is 48.6 Å². The number of nitrogens with two attached hydrogens (primary N) is 1. The lowest BCUT2D eigenvalue weighted by atomic mass is 9.81. The van der Waals surface area contributed by atoms with Crippen LogP contribution in [0, 0.1) is 41.4 Å². The Hall–Kier alpha value is -2.46. The van der Waals surface area contributed by atoms with Crippen molar-refractivity contribution in [1.29, 1.82) is 0 Å². The quantitative estimate of drug-likeness (QED) is 0.117. The molecular formula is C33H56N2O7. The molecule has 0 spiro atoms. The summed E-state index contributed by atoms with van der Waals surface area (Å²) < 4.78 is 5.36. The van der Waals surface area contributed by atoms with Gasteiger partial charge in [-0.3, -0.25) is 4.79 Å². The van der Waals surface area contributed by atoms with E-state index >= 15 is 0 Å². The Morgan fingerprint density at radius 1 is 1.02 bits per heavy atom. The molecule has 0 aromatic carbocycles. The normalized spacial score (nSPS) is 28.3. The van der Waals surface area contributed by atoms with Crippen LogP contribution in [0.1, 0.15) is 68.2 Å². The number of ether oxygens (including phenoxy) is 1. The van der Waals surface area contributed by atoms with E-state index in [0.29, 0.717) is 6.42 Å². The van der Waals surface area contributed by atoms with Crippen LogP contribution in [0.25, 0.3) is 0 Å². The molecule has 0 saturated carbocycles. The number of nitrogens with one attached hydrogen (secondary N) is 1. The van der Waals surface area contributed by atoms with Crippen LogP contribution in [-0.2, 0) is 9.53 Å². The second-order valence-corrected chi connectivity index (χ2v) is 12.6. The number of amides is 2. The molecule has 13 atom stereocenters. The monoisotopic (exact) mass is 592 g/mol. The summed E-state index contributed by atoms with van der Waals surface area (Å²) in [5.41, 5.74) is 6.31. The lowest BCUT2D eigenvalue weighted by molar-refractivity contribution is -0.136. The minimum absolute atomic E-state index is 0.146. The highest BCUT2D eigenvalue weighted by Gasteiger charge is 2.39. The molecule has 1 fully saturated rings. The number of carbonyl (C=O) groups is 2. The van der Waals surface area contributed by atoms with Gasteiger partial charge in [0.2, 0.25) is 5.91 Å². The third-order valence-corrected chi connectivity index (χ3v) is 8.79. The number of primary amides is 1. The summed E-state index contributed by atoms with van der Waals surface area (Å²) in [5, 5.41) is 45.8.